The predicted molar refractivity (Wildman–Crippen MR) is 115 cm³/mol. The predicted octanol–water partition coefficient (Wildman–Crippen LogP) is -2.08. The molecular formula is C19H27N5O6S. The molecule has 1 aromatic carbocycles. The first-order chi connectivity index (χ1) is 14.5. The van der Waals surface area contributed by atoms with Gasteiger partial charge in [-0.1, -0.05) is 30.3 Å². The number of aliphatic carboxylic acids is 1. The minimum atomic E-state index is -1.43. The van der Waals surface area contributed by atoms with Gasteiger partial charge in [-0.25, -0.2) is 0 Å². The van der Waals surface area contributed by atoms with Gasteiger partial charge in [-0.3, -0.25) is 24.0 Å². The van der Waals surface area contributed by atoms with Gasteiger partial charge in [0.2, 0.25) is 23.6 Å². The maximum atomic E-state index is 12.5. The van der Waals surface area contributed by atoms with Crippen LogP contribution in [0.15, 0.2) is 30.3 Å². The minimum Gasteiger partial charge on any atom is -0.480 e. The number of amides is 4. The van der Waals surface area contributed by atoms with Crippen molar-refractivity contribution < 1.29 is 29.1 Å². The first-order valence-electron chi connectivity index (χ1n) is 9.37. The summed E-state index contributed by atoms with van der Waals surface area (Å²) in [7, 11) is 0. The van der Waals surface area contributed by atoms with Gasteiger partial charge in [-0.05, 0) is 18.9 Å². The van der Waals surface area contributed by atoms with E-state index in [1.54, 1.807) is 24.3 Å². The Balaban J connectivity index is 2.77. The van der Waals surface area contributed by atoms with Crippen molar-refractivity contribution in [3.8, 4) is 0 Å². The Labute approximate surface area is 184 Å². The molecule has 0 radical (unpaired) electrons. The molecule has 0 saturated heterocycles. The zero-order chi connectivity index (χ0) is 23.6. The number of carboxylic acid groups (broad SMARTS) is 1. The zero-order valence-corrected chi connectivity index (χ0v) is 17.8. The minimum absolute atomic E-state index is 0.119. The maximum Gasteiger partial charge on any atom is 0.325 e. The average Bonchev–Trinajstić information content (AvgIpc) is 2.71. The number of hydrogen-bond donors (Lipinski definition) is 7. The van der Waals surface area contributed by atoms with Crippen LogP contribution < -0.4 is 27.4 Å². The van der Waals surface area contributed by atoms with E-state index >= 15 is 0 Å². The summed E-state index contributed by atoms with van der Waals surface area (Å²) in [6.07, 6.45) is -0.321. The van der Waals surface area contributed by atoms with Crippen molar-refractivity contribution in [2.75, 3.05) is 5.75 Å². The number of carbonyl (C=O) groups excluding carboxylic acids is 4. The van der Waals surface area contributed by atoms with Crippen molar-refractivity contribution in [3.63, 3.8) is 0 Å². The van der Waals surface area contributed by atoms with Gasteiger partial charge in [-0.2, -0.15) is 12.6 Å². The molecule has 0 aromatic heterocycles. The highest BCUT2D eigenvalue weighted by Gasteiger charge is 2.29. The third-order valence-corrected chi connectivity index (χ3v) is 4.58. The molecule has 0 heterocycles. The molecule has 11 nitrogen and oxygen atoms in total. The van der Waals surface area contributed by atoms with Crippen LogP contribution in [0.4, 0.5) is 0 Å². The number of thiol groups is 1. The number of carboxylic acids is 1. The van der Waals surface area contributed by atoms with E-state index in [1.165, 1.54) is 6.92 Å². The van der Waals surface area contributed by atoms with E-state index in [4.69, 9.17) is 16.6 Å². The molecule has 0 spiro atoms. The third kappa shape index (κ3) is 9.05. The Morgan fingerprint density at radius 3 is 2.03 bits per heavy atom. The molecule has 0 fully saturated rings. The SMILES string of the molecule is CC(NC(=O)C(CC(N)=O)NC(=O)C(CS)NC(=O)C(N)Cc1ccccc1)C(=O)O. The average molecular weight is 454 g/mol. The van der Waals surface area contributed by atoms with Gasteiger partial charge >= 0.3 is 5.97 Å². The lowest BCUT2D eigenvalue weighted by atomic mass is 10.1. The Kier molecular flexibility index (Phi) is 10.5. The number of rotatable bonds is 12. The van der Waals surface area contributed by atoms with Crippen LogP contribution in [0.1, 0.15) is 18.9 Å². The molecule has 8 N–H and O–H groups in total. The molecule has 1 aromatic rings. The molecule has 0 bridgehead atoms. The van der Waals surface area contributed by atoms with E-state index < -0.39 is 60.2 Å². The van der Waals surface area contributed by atoms with Crippen LogP contribution in [-0.4, -0.2) is 64.6 Å². The molecule has 0 saturated carbocycles. The van der Waals surface area contributed by atoms with Crippen molar-refractivity contribution in [3.05, 3.63) is 35.9 Å². The topological polar surface area (TPSA) is 194 Å². The highest BCUT2D eigenvalue weighted by molar-refractivity contribution is 7.80. The van der Waals surface area contributed by atoms with E-state index in [0.29, 0.717) is 0 Å². The van der Waals surface area contributed by atoms with Gasteiger partial charge in [0.25, 0.3) is 0 Å². The number of nitrogens with two attached hydrogens (primary N) is 2. The number of nitrogens with one attached hydrogen (secondary N) is 3. The second kappa shape index (κ2) is 12.5. The molecule has 170 valence electrons. The standard InChI is InChI=1S/C19H27N5O6S/c1-10(19(29)30)22-17(27)13(8-15(21)25)23-18(28)14(9-31)24-16(26)12(20)7-11-5-3-2-4-6-11/h2-6,10,12-14,31H,7-9,20H2,1H3,(H2,21,25)(H,22,27)(H,23,28)(H,24,26)(H,29,30). The summed E-state index contributed by atoms with van der Waals surface area (Å²) in [5.74, 6) is -4.63. The van der Waals surface area contributed by atoms with Gasteiger partial charge in [0.05, 0.1) is 12.5 Å². The van der Waals surface area contributed by atoms with Gasteiger partial charge in [0.1, 0.15) is 18.1 Å². The lowest BCUT2D eigenvalue weighted by Gasteiger charge is -2.23. The van der Waals surface area contributed by atoms with Crippen molar-refractivity contribution in [2.24, 2.45) is 11.5 Å². The molecule has 4 amide bonds. The zero-order valence-electron chi connectivity index (χ0n) is 16.9. The molecule has 1 rings (SSSR count). The Morgan fingerprint density at radius 2 is 1.52 bits per heavy atom. The summed E-state index contributed by atoms with van der Waals surface area (Å²) in [6, 6.07) is 4.28. The second-order valence-electron chi connectivity index (χ2n) is 6.84. The van der Waals surface area contributed by atoms with Crippen LogP contribution in [0.3, 0.4) is 0 Å². The number of carbonyl (C=O) groups is 5. The molecule has 4 atom stereocenters. The Morgan fingerprint density at radius 1 is 0.968 bits per heavy atom. The van der Waals surface area contributed by atoms with Gasteiger partial charge < -0.3 is 32.5 Å². The third-order valence-electron chi connectivity index (χ3n) is 4.22. The first-order valence-corrected chi connectivity index (χ1v) is 10.0. The molecule has 0 aliphatic rings. The van der Waals surface area contributed by atoms with Crippen molar-refractivity contribution in [2.45, 2.75) is 43.9 Å². The first kappa shape index (κ1) is 25.9. The van der Waals surface area contributed by atoms with E-state index in [0.717, 1.165) is 5.56 Å². The van der Waals surface area contributed by atoms with Crippen molar-refractivity contribution in [1.29, 1.82) is 0 Å². The molecular weight excluding hydrogens is 426 g/mol. The lowest BCUT2D eigenvalue weighted by Crippen LogP contribution is -2.58. The van der Waals surface area contributed by atoms with Gasteiger partial charge in [-0.15, -0.1) is 0 Å². The van der Waals surface area contributed by atoms with Crippen LogP contribution in [0, 0.1) is 0 Å². The molecule has 12 heteroatoms. The molecule has 0 aliphatic heterocycles. The molecule has 4 unspecified atom stereocenters. The fourth-order valence-corrected chi connectivity index (χ4v) is 2.75. The summed E-state index contributed by atoms with van der Waals surface area (Å²) in [5.41, 5.74) is 11.8. The maximum absolute atomic E-state index is 12.5. The number of hydrogen-bond acceptors (Lipinski definition) is 7. The van der Waals surface area contributed by atoms with E-state index in [9.17, 15) is 24.0 Å². The highest BCUT2D eigenvalue weighted by atomic mass is 32.1. The summed E-state index contributed by atoms with van der Waals surface area (Å²) in [6.45, 7) is 1.22. The fourth-order valence-electron chi connectivity index (χ4n) is 2.49. The largest absolute Gasteiger partial charge is 0.480 e. The van der Waals surface area contributed by atoms with Crippen molar-refractivity contribution >= 4 is 42.2 Å². The molecule has 31 heavy (non-hydrogen) atoms. The monoisotopic (exact) mass is 453 g/mol. The van der Waals surface area contributed by atoms with Crippen LogP contribution in [0.25, 0.3) is 0 Å². The summed E-state index contributed by atoms with van der Waals surface area (Å²) < 4.78 is 0. The van der Waals surface area contributed by atoms with Crippen LogP contribution in [0.5, 0.6) is 0 Å². The normalized spacial score (nSPS) is 14.4. The van der Waals surface area contributed by atoms with E-state index in [1.807, 2.05) is 6.07 Å². The van der Waals surface area contributed by atoms with E-state index in [2.05, 4.69) is 28.6 Å². The van der Waals surface area contributed by atoms with Gasteiger partial charge in [0, 0.05) is 5.75 Å². The van der Waals surface area contributed by atoms with Crippen LogP contribution in [0.2, 0.25) is 0 Å². The number of benzene rings is 1. The highest BCUT2D eigenvalue weighted by Crippen LogP contribution is 2.03. The van der Waals surface area contributed by atoms with Crippen LogP contribution >= 0.6 is 12.6 Å². The fraction of sp³-hybridized carbons (Fsp3) is 0.421. The quantitative estimate of drug-likeness (QED) is 0.176. The lowest BCUT2D eigenvalue weighted by molar-refractivity contribution is -0.142. The van der Waals surface area contributed by atoms with E-state index in [-0.39, 0.29) is 12.2 Å². The second-order valence-corrected chi connectivity index (χ2v) is 7.21. The van der Waals surface area contributed by atoms with Crippen LogP contribution in [-0.2, 0) is 30.4 Å². The smallest absolute Gasteiger partial charge is 0.325 e. The number of primary amides is 1. The Hall–Kier alpha value is -3.12. The summed E-state index contributed by atoms with van der Waals surface area (Å²) in [5, 5.41) is 15.8. The Bertz CT molecular complexity index is 806. The summed E-state index contributed by atoms with van der Waals surface area (Å²) in [4.78, 5) is 59.3. The van der Waals surface area contributed by atoms with Gasteiger partial charge in [0.15, 0.2) is 0 Å². The molecule has 0 aliphatic carbocycles. The summed E-state index contributed by atoms with van der Waals surface area (Å²) >= 11 is 4.04. The van der Waals surface area contributed by atoms with Crippen molar-refractivity contribution in [1.82, 2.24) is 16.0 Å².